The zero-order chi connectivity index (χ0) is 15.8. The molecule has 0 aliphatic heterocycles. The van der Waals surface area contributed by atoms with Gasteiger partial charge in [0.05, 0.1) is 6.61 Å². The van der Waals surface area contributed by atoms with Gasteiger partial charge in [0.2, 0.25) is 5.91 Å². The molecule has 0 bridgehead atoms. The molecule has 2 aromatic rings. The number of aryl methyl sites for hydroxylation is 1. The Balaban J connectivity index is 1.83. The maximum absolute atomic E-state index is 12.0. The fourth-order valence-corrected chi connectivity index (χ4v) is 2.40. The Morgan fingerprint density at radius 3 is 2.77 bits per heavy atom. The Morgan fingerprint density at radius 2 is 2.00 bits per heavy atom. The van der Waals surface area contributed by atoms with E-state index in [0.29, 0.717) is 31.0 Å². The minimum absolute atomic E-state index is 0.0197. The lowest BCUT2D eigenvalue weighted by Crippen LogP contribution is -2.23. The van der Waals surface area contributed by atoms with Gasteiger partial charge in [0.25, 0.3) is 0 Å². The van der Waals surface area contributed by atoms with Crippen LogP contribution in [0.1, 0.15) is 24.5 Å². The average molecular weight is 318 g/mol. The van der Waals surface area contributed by atoms with Gasteiger partial charge in [0.1, 0.15) is 5.75 Å². The van der Waals surface area contributed by atoms with Crippen LogP contribution in [-0.2, 0) is 17.8 Å². The molecule has 3 nitrogen and oxygen atoms in total. The van der Waals surface area contributed by atoms with Crippen molar-refractivity contribution in [1.82, 2.24) is 5.32 Å². The largest absolute Gasteiger partial charge is 0.494 e. The number of carbonyl (C=O) groups is 1. The third kappa shape index (κ3) is 5.08. The number of carbonyl (C=O) groups excluding carboxylic acids is 1. The summed E-state index contributed by atoms with van der Waals surface area (Å²) in [5, 5.41) is 3.59. The highest BCUT2D eigenvalue weighted by Crippen LogP contribution is 2.19. The van der Waals surface area contributed by atoms with Crippen molar-refractivity contribution in [1.29, 1.82) is 0 Å². The van der Waals surface area contributed by atoms with Gasteiger partial charge < -0.3 is 10.1 Å². The van der Waals surface area contributed by atoms with Crippen LogP contribution in [0.25, 0.3) is 0 Å². The van der Waals surface area contributed by atoms with Crippen LogP contribution in [0.2, 0.25) is 5.02 Å². The lowest BCUT2D eigenvalue weighted by molar-refractivity contribution is -0.121. The van der Waals surface area contributed by atoms with Gasteiger partial charge >= 0.3 is 0 Å². The van der Waals surface area contributed by atoms with Crippen molar-refractivity contribution < 1.29 is 9.53 Å². The molecular weight excluding hydrogens is 298 g/mol. The zero-order valence-corrected chi connectivity index (χ0v) is 13.4. The second-order valence-electron chi connectivity index (χ2n) is 4.95. The first-order chi connectivity index (χ1) is 10.7. The van der Waals surface area contributed by atoms with Gasteiger partial charge in [0.15, 0.2) is 0 Å². The van der Waals surface area contributed by atoms with Crippen LogP contribution in [0.15, 0.2) is 48.5 Å². The van der Waals surface area contributed by atoms with E-state index < -0.39 is 0 Å². The molecule has 0 aliphatic rings. The standard InChI is InChI=1S/C18H20ClNO2/c1-2-22-17-9-4-3-7-15(17)10-11-18(21)20-13-14-6-5-8-16(19)12-14/h3-9,12H,2,10-11,13H2,1H3,(H,20,21). The van der Waals surface area contributed by atoms with Crippen molar-refractivity contribution in [2.45, 2.75) is 26.3 Å². The molecule has 1 N–H and O–H groups in total. The molecule has 0 spiro atoms. The smallest absolute Gasteiger partial charge is 0.220 e. The maximum atomic E-state index is 12.0. The minimum atomic E-state index is 0.0197. The first-order valence-corrected chi connectivity index (χ1v) is 7.78. The number of benzene rings is 2. The molecule has 0 fully saturated rings. The number of nitrogens with one attached hydrogen (secondary N) is 1. The SMILES string of the molecule is CCOc1ccccc1CCC(=O)NCc1cccc(Cl)c1. The van der Waals surface area contributed by atoms with Crippen molar-refractivity contribution in [3.05, 3.63) is 64.7 Å². The number of halogens is 1. The summed E-state index contributed by atoms with van der Waals surface area (Å²) in [6.45, 7) is 3.07. The van der Waals surface area contributed by atoms with Gasteiger partial charge in [-0.05, 0) is 42.7 Å². The van der Waals surface area contributed by atoms with Crippen molar-refractivity contribution in [3.8, 4) is 5.75 Å². The molecule has 0 radical (unpaired) electrons. The van der Waals surface area contributed by atoms with E-state index in [1.54, 1.807) is 0 Å². The predicted molar refractivity (Wildman–Crippen MR) is 89.2 cm³/mol. The van der Waals surface area contributed by atoms with Crippen molar-refractivity contribution in [2.24, 2.45) is 0 Å². The fraction of sp³-hybridized carbons (Fsp3) is 0.278. The van der Waals surface area contributed by atoms with Crippen LogP contribution in [0, 0.1) is 0 Å². The molecule has 0 heterocycles. The lowest BCUT2D eigenvalue weighted by atomic mass is 10.1. The van der Waals surface area contributed by atoms with E-state index in [1.165, 1.54) is 0 Å². The van der Waals surface area contributed by atoms with E-state index in [4.69, 9.17) is 16.3 Å². The van der Waals surface area contributed by atoms with E-state index >= 15 is 0 Å². The van der Waals surface area contributed by atoms with Crippen molar-refractivity contribution in [3.63, 3.8) is 0 Å². The summed E-state index contributed by atoms with van der Waals surface area (Å²) >= 11 is 5.92. The third-order valence-corrected chi connectivity index (χ3v) is 3.51. The Kier molecular flexibility index (Phi) is 6.28. The first-order valence-electron chi connectivity index (χ1n) is 7.41. The maximum Gasteiger partial charge on any atom is 0.220 e. The number of amides is 1. The average Bonchev–Trinajstić information content (AvgIpc) is 2.52. The van der Waals surface area contributed by atoms with E-state index in [0.717, 1.165) is 16.9 Å². The molecule has 0 saturated heterocycles. The summed E-state index contributed by atoms with van der Waals surface area (Å²) in [6.07, 6.45) is 1.10. The van der Waals surface area contributed by atoms with E-state index in [1.807, 2.05) is 55.5 Å². The van der Waals surface area contributed by atoms with E-state index in [9.17, 15) is 4.79 Å². The molecule has 0 aliphatic carbocycles. The van der Waals surface area contributed by atoms with Gasteiger partial charge in [-0.2, -0.15) is 0 Å². The Labute approximate surface area is 136 Å². The summed E-state index contributed by atoms with van der Waals surface area (Å²) in [4.78, 5) is 12.0. The topological polar surface area (TPSA) is 38.3 Å². The van der Waals surface area contributed by atoms with Crippen LogP contribution in [0.3, 0.4) is 0 Å². The number of rotatable bonds is 7. The summed E-state index contributed by atoms with van der Waals surface area (Å²) in [7, 11) is 0. The van der Waals surface area contributed by atoms with Gasteiger partial charge in [-0.15, -0.1) is 0 Å². The summed E-state index contributed by atoms with van der Waals surface area (Å²) < 4.78 is 5.57. The quantitative estimate of drug-likeness (QED) is 0.838. The summed E-state index contributed by atoms with van der Waals surface area (Å²) in [6, 6.07) is 15.3. The normalized spacial score (nSPS) is 10.3. The molecule has 4 heteroatoms. The third-order valence-electron chi connectivity index (χ3n) is 3.27. The second-order valence-corrected chi connectivity index (χ2v) is 5.38. The Hall–Kier alpha value is -2.00. The minimum Gasteiger partial charge on any atom is -0.494 e. The number of para-hydroxylation sites is 1. The fourth-order valence-electron chi connectivity index (χ4n) is 2.19. The molecular formula is C18H20ClNO2. The van der Waals surface area contributed by atoms with Crippen LogP contribution in [0.5, 0.6) is 5.75 Å². The van der Waals surface area contributed by atoms with Crippen molar-refractivity contribution >= 4 is 17.5 Å². The molecule has 0 aromatic heterocycles. The first kappa shape index (κ1) is 16.4. The van der Waals surface area contributed by atoms with Gasteiger partial charge in [-0.1, -0.05) is 41.9 Å². The second kappa shape index (κ2) is 8.44. The number of ether oxygens (including phenoxy) is 1. The molecule has 22 heavy (non-hydrogen) atoms. The molecule has 0 unspecified atom stereocenters. The van der Waals surface area contributed by atoms with Gasteiger partial charge in [-0.3, -0.25) is 4.79 Å². The van der Waals surface area contributed by atoms with Gasteiger partial charge in [-0.25, -0.2) is 0 Å². The van der Waals surface area contributed by atoms with Crippen LogP contribution in [-0.4, -0.2) is 12.5 Å². The number of hydrogen-bond acceptors (Lipinski definition) is 2. The molecule has 1 amide bonds. The summed E-state index contributed by atoms with van der Waals surface area (Å²) in [5.41, 5.74) is 2.05. The monoisotopic (exact) mass is 317 g/mol. The highest BCUT2D eigenvalue weighted by molar-refractivity contribution is 6.30. The van der Waals surface area contributed by atoms with Gasteiger partial charge in [0, 0.05) is 18.0 Å². The Morgan fingerprint density at radius 1 is 1.18 bits per heavy atom. The lowest BCUT2D eigenvalue weighted by Gasteiger charge is -2.10. The van der Waals surface area contributed by atoms with Crippen molar-refractivity contribution in [2.75, 3.05) is 6.61 Å². The summed E-state index contributed by atoms with van der Waals surface area (Å²) in [5.74, 6) is 0.874. The molecule has 0 saturated carbocycles. The van der Waals surface area contributed by atoms with Crippen LogP contribution in [0.4, 0.5) is 0 Å². The molecule has 116 valence electrons. The van der Waals surface area contributed by atoms with E-state index in [2.05, 4.69) is 5.32 Å². The number of hydrogen-bond donors (Lipinski definition) is 1. The highest BCUT2D eigenvalue weighted by atomic mass is 35.5. The zero-order valence-electron chi connectivity index (χ0n) is 12.6. The van der Waals surface area contributed by atoms with E-state index in [-0.39, 0.29) is 5.91 Å². The predicted octanol–water partition coefficient (Wildman–Crippen LogP) is 3.99. The van der Waals surface area contributed by atoms with Crippen LogP contribution >= 0.6 is 11.6 Å². The highest BCUT2D eigenvalue weighted by Gasteiger charge is 2.06. The molecule has 2 rings (SSSR count). The van der Waals surface area contributed by atoms with Crippen LogP contribution < -0.4 is 10.1 Å². The Bertz CT molecular complexity index is 628. The molecule has 2 aromatic carbocycles. The molecule has 0 atom stereocenters.